The number of rotatable bonds is 2. The standard InChI is InChI=1S/C16H20N3.C2H6.Pb/c1-19-5-3-15-14(9-19)13(2-4-18-15)6-12-7-16(8-12)10-17-11-16;1-2;/h2,4,6,17H,1,3,5,7-11H2;1-2H3;. The van der Waals surface area contributed by atoms with E-state index in [-0.39, 0.29) is 0 Å². The van der Waals surface area contributed by atoms with Gasteiger partial charge in [-0.15, -0.1) is 0 Å². The Labute approximate surface area is 150 Å². The van der Waals surface area contributed by atoms with E-state index >= 15 is 0 Å². The molecule has 4 heteroatoms. The van der Waals surface area contributed by atoms with Gasteiger partial charge in [-0.3, -0.25) is 0 Å². The minimum absolute atomic E-state index is 0.639. The Balaban J connectivity index is 0.000000693. The van der Waals surface area contributed by atoms with Crippen LogP contribution in [0.5, 0.6) is 0 Å². The van der Waals surface area contributed by atoms with Gasteiger partial charge in [0.25, 0.3) is 0 Å². The van der Waals surface area contributed by atoms with Gasteiger partial charge in [0.05, 0.1) is 0 Å². The first-order valence-corrected chi connectivity index (χ1v) is 11.3. The molecule has 3 heterocycles. The summed E-state index contributed by atoms with van der Waals surface area (Å²) in [5.41, 5.74) is 6.55. The molecule has 1 saturated carbocycles. The van der Waals surface area contributed by atoms with Crippen LogP contribution in [-0.4, -0.2) is 59.4 Å². The molecule has 1 aliphatic carbocycles. The molecule has 2 aliphatic heterocycles. The average Bonchev–Trinajstić information content (AvgIpc) is 2.50. The zero-order valence-corrected chi connectivity index (χ0v) is 17.7. The molecule has 0 unspecified atom stereocenters. The number of nitrogens with zero attached hydrogens (tertiary/aromatic N) is 2. The number of aromatic nitrogens is 1. The Bertz CT molecular complexity index is 553. The van der Waals surface area contributed by atoms with E-state index in [1.807, 2.05) is 20.0 Å². The molecule has 1 saturated heterocycles. The second-order valence-electron chi connectivity index (χ2n) is 6.55. The number of pyridine rings is 1. The molecule has 0 amide bonds. The van der Waals surface area contributed by atoms with Crippen LogP contribution in [0.4, 0.5) is 0 Å². The molecule has 1 N–H and O–H groups in total. The van der Waals surface area contributed by atoms with E-state index in [2.05, 4.69) is 27.3 Å². The van der Waals surface area contributed by atoms with E-state index in [0.29, 0.717) is 5.41 Å². The summed E-state index contributed by atoms with van der Waals surface area (Å²) < 4.78 is 1.28. The van der Waals surface area contributed by atoms with Gasteiger partial charge >= 0.3 is 137 Å². The van der Waals surface area contributed by atoms with E-state index in [0.717, 1.165) is 13.0 Å². The molecule has 1 aromatic rings. The molecule has 1 spiro atoms. The fraction of sp³-hybridized carbons (Fsp3) is 0.611. The first kappa shape index (κ1) is 16.6. The second-order valence-corrected chi connectivity index (χ2v) is 7.78. The van der Waals surface area contributed by atoms with Gasteiger partial charge in [0.1, 0.15) is 0 Å². The third-order valence-corrected chi connectivity index (χ3v) is 6.75. The third-order valence-electron chi connectivity index (χ3n) is 5.02. The number of hydrogen-bond acceptors (Lipinski definition) is 3. The maximum absolute atomic E-state index is 4.60. The Morgan fingerprint density at radius 3 is 2.77 bits per heavy atom. The van der Waals surface area contributed by atoms with Crippen LogP contribution in [0.1, 0.15) is 43.5 Å². The topological polar surface area (TPSA) is 28.2 Å². The van der Waals surface area contributed by atoms with Crippen molar-refractivity contribution in [1.29, 1.82) is 0 Å². The number of hydrogen-bond donors (Lipinski definition) is 1. The van der Waals surface area contributed by atoms with Gasteiger partial charge in [-0.25, -0.2) is 0 Å². The van der Waals surface area contributed by atoms with Crippen molar-refractivity contribution >= 4 is 31.8 Å². The molecule has 0 bridgehead atoms. The van der Waals surface area contributed by atoms with Crippen LogP contribution in [0.15, 0.2) is 17.8 Å². The van der Waals surface area contributed by atoms with Gasteiger partial charge in [-0.1, -0.05) is 13.8 Å². The van der Waals surface area contributed by atoms with Crippen molar-refractivity contribution in [2.75, 3.05) is 23.7 Å². The molecular weight excluding hydrogens is 465 g/mol. The van der Waals surface area contributed by atoms with Gasteiger partial charge in [0.2, 0.25) is 0 Å². The Morgan fingerprint density at radius 1 is 1.36 bits per heavy atom. The van der Waals surface area contributed by atoms with E-state index in [1.54, 1.807) is 5.57 Å². The van der Waals surface area contributed by atoms with E-state index in [9.17, 15) is 0 Å². The average molecular weight is 492 g/mol. The predicted molar refractivity (Wildman–Crippen MR) is 92.8 cm³/mol. The van der Waals surface area contributed by atoms with Crippen LogP contribution in [0.25, 0.3) is 6.08 Å². The van der Waals surface area contributed by atoms with Crippen LogP contribution in [0.3, 0.4) is 0 Å². The normalized spacial score (nSPS) is 22.0. The molecule has 3 radical (unpaired) electrons. The summed E-state index contributed by atoms with van der Waals surface area (Å²) in [6, 6.07) is 2.21. The molecule has 1 aromatic heterocycles. The van der Waals surface area contributed by atoms with Crippen molar-refractivity contribution in [2.24, 2.45) is 5.41 Å². The monoisotopic (exact) mass is 492 g/mol. The van der Waals surface area contributed by atoms with Crippen LogP contribution >= 0.6 is 0 Å². The molecule has 3 aliphatic rings. The zero-order valence-electron chi connectivity index (χ0n) is 13.8. The van der Waals surface area contributed by atoms with Crippen molar-refractivity contribution in [3.63, 3.8) is 0 Å². The number of nitrogens with one attached hydrogen (secondary N) is 1. The molecule has 117 valence electrons. The van der Waals surface area contributed by atoms with Gasteiger partial charge in [-0.05, 0) is 0 Å². The maximum atomic E-state index is 4.60. The van der Waals surface area contributed by atoms with Gasteiger partial charge in [0, 0.05) is 0 Å². The summed E-state index contributed by atoms with van der Waals surface area (Å²) in [6.45, 7) is 8.76. The third kappa shape index (κ3) is 3.17. The first-order chi connectivity index (χ1) is 10.8. The van der Waals surface area contributed by atoms with Gasteiger partial charge in [0.15, 0.2) is 0 Å². The summed E-state index contributed by atoms with van der Waals surface area (Å²) >= 11 is 1.26. The van der Waals surface area contributed by atoms with E-state index < -0.39 is 0 Å². The van der Waals surface area contributed by atoms with Crippen molar-refractivity contribution in [3.05, 3.63) is 34.7 Å². The van der Waals surface area contributed by atoms with Crippen molar-refractivity contribution < 1.29 is 0 Å². The van der Waals surface area contributed by atoms with E-state index in [4.69, 9.17) is 0 Å². The van der Waals surface area contributed by atoms with Crippen LogP contribution in [0.2, 0.25) is 0 Å². The van der Waals surface area contributed by atoms with Crippen LogP contribution in [0, 0.1) is 5.41 Å². The SMILES string of the molecule is CC.[Pb][CH2]N1CCc2nccc(C=C3CC4(CNC4)C3)c2C1. The summed E-state index contributed by atoms with van der Waals surface area (Å²) in [5, 5.41) is 3.41. The van der Waals surface area contributed by atoms with Crippen molar-refractivity contribution in [1.82, 2.24) is 15.2 Å². The Kier molecular flexibility index (Phi) is 5.35. The quantitative estimate of drug-likeness (QED) is 0.644. The summed E-state index contributed by atoms with van der Waals surface area (Å²) in [7, 11) is 0. The van der Waals surface area contributed by atoms with Gasteiger partial charge < -0.3 is 0 Å². The van der Waals surface area contributed by atoms with E-state index in [1.165, 1.54) is 79.2 Å². The summed E-state index contributed by atoms with van der Waals surface area (Å²) in [6.07, 6.45) is 8.20. The zero-order chi connectivity index (χ0) is 15.6. The minimum atomic E-state index is 0.639. The first-order valence-electron chi connectivity index (χ1n) is 8.52. The van der Waals surface area contributed by atoms with Gasteiger partial charge in [-0.2, -0.15) is 0 Å². The molecule has 2 fully saturated rings. The fourth-order valence-corrected chi connectivity index (χ4v) is 4.80. The Hall–Kier alpha value is -0.268. The molecule has 3 nitrogen and oxygen atoms in total. The predicted octanol–water partition coefficient (Wildman–Crippen LogP) is 2.36. The Morgan fingerprint density at radius 2 is 2.14 bits per heavy atom. The molecule has 0 atom stereocenters. The summed E-state index contributed by atoms with van der Waals surface area (Å²) in [4.78, 5) is 7.18. The molecule has 22 heavy (non-hydrogen) atoms. The second kappa shape index (κ2) is 7.09. The van der Waals surface area contributed by atoms with Crippen LogP contribution < -0.4 is 5.32 Å². The molecule has 4 rings (SSSR count). The summed E-state index contributed by atoms with van der Waals surface area (Å²) in [5.74, 6) is 0. The fourth-order valence-electron chi connectivity index (χ4n) is 3.75. The van der Waals surface area contributed by atoms with Crippen LogP contribution in [-0.2, 0) is 13.0 Å². The van der Waals surface area contributed by atoms with Crippen molar-refractivity contribution in [2.45, 2.75) is 39.7 Å². The van der Waals surface area contributed by atoms with Crippen molar-refractivity contribution in [3.8, 4) is 0 Å². The molecular formula is C18H26N3Pb. The number of fused-ring (bicyclic) bond motifs is 1. The number of allylic oxidation sites excluding steroid dienone is 1. The molecule has 0 aromatic carbocycles.